The van der Waals surface area contributed by atoms with Gasteiger partial charge in [-0.2, -0.15) is 0 Å². The second-order valence-corrected chi connectivity index (χ2v) is 8.20. The first-order chi connectivity index (χ1) is 9.14. The Labute approximate surface area is 116 Å². The molecule has 0 radical (unpaired) electrons. The van der Waals surface area contributed by atoms with Crippen molar-refractivity contribution in [2.24, 2.45) is 29.1 Å². The Bertz CT molecular complexity index is 353. The lowest BCUT2D eigenvalue weighted by atomic mass is 9.49. The number of hydrogen-bond donors (Lipinski definition) is 0. The van der Waals surface area contributed by atoms with E-state index in [1.165, 1.54) is 51.4 Å². The van der Waals surface area contributed by atoms with Gasteiger partial charge < -0.3 is 4.90 Å². The van der Waals surface area contributed by atoms with E-state index in [4.69, 9.17) is 0 Å². The smallest absolute Gasteiger partial charge is 0.228 e. The molecule has 1 atom stereocenters. The molecule has 5 fully saturated rings. The molecule has 4 saturated carbocycles. The van der Waals surface area contributed by atoms with Crippen LogP contribution in [0.15, 0.2) is 0 Å². The molecule has 5 rings (SSSR count). The number of carbonyl (C=O) groups excluding carboxylic acids is 1. The standard InChI is InChI=1S/C17H27NO/c1-12-3-2-4-18(11-12)16(19)17-8-13-5-14(9-17)7-15(6-13)10-17/h12-15H,2-11H2,1H3. The van der Waals surface area contributed by atoms with E-state index >= 15 is 0 Å². The monoisotopic (exact) mass is 261 g/mol. The van der Waals surface area contributed by atoms with Gasteiger partial charge >= 0.3 is 0 Å². The predicted octanol–water partition coefficient (Wildman–Crippen LogP) is 3.46. The van der Waals surface area contributed by atoms with Gasteiger partial charge in [0.15, 0.2) is 0 Å². The molecule has 2 nitrogen and oxygen atoms in total. The first-order valence-corrected chi connectivity index (χ1v) is 8.44. The molecule has 2 heteroatoms. The maximum Gasteiger partial charge on any atom is 0.228 e. The normalized spacial score (nSPS) is 48.6. The molecule has 1 aliphatic heterocycles. The third-order valence-corrected chi connectivity index (χ3v) is 6.44. The van der Waals surface area contributed by atoms with Crippen LogP contribution in [0.2, 0.25) is 0 Å². The van der Waals surface area contributed by atoms with Gasteiger partial charge in [0.05, 0.1) is 5.41 Å². The van der Waals surface area contributed by atoms with Gasteiger partial charge in [0.1, 0.15) is 0 Å². The number of piperidine rings is 1. The molecule has 106 valence electrons. The highest BCUT2D eigenvalue weighted by molar-refractivity contribution is 5.83. The van der Waals surface area contributed by atoms with Crippen LogP contribution in [0.5, 0.6) is 0 Å². The lowest BCUT2D eigenvalue weighted by molar-refractivity contribution is -0.159. The van der Waals surface area contributed by atoms with Crippen LogP contribution >= 0.6 is 0 Å². The number of nitrogens with zero attached hydrogens (tertiary/aromatic N) is 1. The lowest BCUT2D eigenvalue weighted by Gasteiger charge is -2.57. The molecule has 4 bridgehead atoms. The zero-order valence-electron chi connectivity index (χ0n) is 12.2. The van der Waals surface area contributed by atoms with Crippen LogP contribution in [0.1, 0.15) is 58.3 Å². The average molecular weight is 261 g/mol. The summed E-state index contributed by atoms with van der Waals surface area (Å²) in [5.74, 6) is 3.93. The molecule has 1 unspecified atom stereocenters. The Morgan fingerprint density at radius 2 is 1.63 bits per heavy atom. The molecule has 0 aromatic rings. The van der Waals surface area contributed by atoms with Crippen molar-refractivity contribution in [3.63, 3.8) is 0 Å². The summed E-state index contributed by atoms with van der Waals surface area (Å²) in [6, 6.07) is 0. The second kappa shape index (κ2) is 4.23. The Morgan fingerprint density at radius 1 is 1.05 bits per heavy atom. The van der Waals surface area contributed by atoms with Crippen molar-refractivity contribution in [2.45, 2.75) is 58.3 Å². The van der Waals surface area contributed by atoms with Gasteiger partial charge in [0.25, 0.3) is 0 Å². The lowest BCUT2D eigenvalue weighted by Crippen LogP contribution is -2.55. The first kappa shape index (κ1) is 12.2. The molecule has 1 amide bonds. The van der Waals surface area contributed by atoms with E-state index in [-0.39, 0.29) is 5.41 Å². The largest absolute Gasteiger partial charge is 0.342 e. The summed E-state index contributed by atoms with van der Waals surface area (Å²) in [5, 5.41) is 0. The van der Waals surface area contributed by atoms with E-state index in [9.17, 15) is 4.79 Å². The molecule has 0 N–H and O–H groups in total. The van der Waals surface area contributed by atoms with Crippen LogP contribution in [-0.2, 0) is 4.79 Å². The highest BCUT2D eigenvalue weighted by Crippen LogP contribution is 2.60. The van der Waals surface area contributed by atoms with Crippen molar-refractivity contribution in [3.8, 4) is 0 Å². The van der Waals surface area contributed by atoms with Crippen LogP contribution in [0, 0.1) is 29.1 Å². The summed E-state index contributed by atoms with van der Waals surface area (Å²) < 4.78 is 0. The summed E-state index contributed by atoms with van der Waals surface area (Å²) in [6.07, 6.45) is 10.5. The minimum atomic E-state index is 0.0891. The Hall–Kier alpha value is -0.530. The fourth-order valence-corrected chi connectivity index (χ4v) is 6.08. The van der Waals surface area contributed by atoms with Crippen LogP contribution in [0.3, 0.4) is 0 Å². The average Bonchev–Trinajstić information content (AvgIpc) is 2.36. The summed E-state index contributed by atoms with van der Waals surface area (Å²) in [7, 11) is 0. The number of carbonyl (C=O) groups is 1. The number of likely N-dealkylation sites (tertiary alicyclic amines) is 1. The maximum atomic E-state index is 13.1. The number of amides is 1. The van der Waals surface area contributed by atoms with Crippen molar-refractivity contribution in [1.29, 1.82) is 0 Å². The first-order valence-electron chi connectivity index (χ1n) is 8.44. The summed E-state index contributed by atoms with van der Waals surface area (Å²) in [6.45, 7) is 4.37. The number of rotatable bonds is 1. The van der Waals surface area contributed by atoms with Gasteiger partial charge in [-0.15, -0.1) is 0 Å². The number of hydrogen-bond acceptors (Lipinski definition) is 1. The summed E-state index contributed by atoms with van der Waals surface area (Å²) in [4.78, 5) is 15.4. The Balaban J connectivity index is 1.56. The molecular formula is C17H27NO. The van der Waals surface area contributed by atoms with Crippen molar-refractivity contribution >= 4 is 5.91 Å². The van der Waals surface area contributed by atoms with Gasteiger partial charge in [-0.05, 0) is 75.0 Å². The molecule has 0 aromatic heterocycles. The van der Waals surface area contributed by atoms with Gasteiger partial charge in [0.2, 0.25) is 5.91 Å². The maximum absolute atomic E-state index is 13.1. The van der Waals surface area contributed by atoms with Crippen LogP contribution in [0.4, 0.5) is 0 Å². The van der Waals surface area contributed by atoms with E-state index < -0.39 is 0 Å². The van der Waals surface area contributed by atoms with E-state index in [0.29, 0.717) is 11.8 Å². The van der Waals surface area contributed by atoms with Crippen molar-refractivity contribution in [2.75, 3.05) is 13.1 Å². The highest BCUT2D eigenvalue weighted by atomic mass is 16.2. The Kier molecular flexibility index (Phi) is 2.72. The fraction of sp³-hybridized carbons (Fsp3) is 0.941. The molecule has 5 aliphatic rings. The van der Waals surface area contributed by atoms with Crippen LogP contribution < -0.4 is 0 Å². The fourth-order valence-electron chi connectivity index (χ4n) is 6.08. The highest BCUT2D eigenvalue weighted by Gasteiger charge is 2.55. The van der Waals surface area contributed by atoms with E-state index in [0.717, 1.165) is 30.8 Å². The molecule has 1 heterocycles. The van der Waals surface area contributed by atoms with E-state index in [2.05, 4.69) is 11.8 Å². The molecule has 0 spiro atoms. The van der Waals surface area contributed by atoms with Gasteiger partial charge in [-0.3, -0.25) is 4.79 Å². The summed E-state index contributed by atoms with van der Waals surface area (Å²) in [5.41, 5.74) is 0.0891. The van der Waals surface area contributed by atoms with E-state index in [1.54, 1.807) is 0 Å². The molecule has 1 saturated heterocycles. The van der Waals surface area contributed by atoms with Crippen molar-refractivity contribution < 1.29 is 4.79 Å². The van der Waals surface area contributed by atoms with Gasteiger partial charge in [0, 0.05) is 13.1 Å². The van der Waals surface area contributed by atoms with E-state index in [1.807, 2.05) is 0 Å². The molecule has 19 heavy (non-hydrogen) atoms. The molecular weight excluding hydrogens is 234 g/mol. The molecule has 0 aromatic carbocycles. The SMILES string of the molecule is CC1CCCN(C(=O)C23CC4CC(CC(C4)C2)C3)C1. The van der Waals surface area contributed by atoms with Gasteiger partial charge in [-0.25, -0.2) is 0 Å². The summed E-state index contributed by atoms with van der Waals surface area (Å²) >= 11 is 0. The third-order valence-electron chi connectivity index (χ3n) is 6.44. The molecule has 4 aliphatic carbocycles. The minimum Gasteiger partial charge on any atom is -0.342 e. The van der Waals surface area contributed by atoms with Crippen LogP contribution in [-0.4, -0.2) is 23.9 Å². The van der Waals surface area contributed by atoms with Gasteiger partial charge in [-0.1, -0.05) is 6.92 Å². The van der Waals surface area contributed by atoms with Crippen molar-refractivity contribution in [3.05, 3.63) is 0 Å². The predicted molar refractivity (Wildman–Crippen MR) is 75.6 cm³/mol. The zero-order chi connectivity index (χ0) is 13.0. The third kappa shape index (κ3) is 1.94. The topological polar surface area (TPSA) is 20.3 Å². The van der Waals surface area contributed by atoms with Crippen molar-refractivity contribution in [1.82, 2.24) is 4.90 Å². The van der Waals surface area contributed by atoms with Crippen LogP contribution in [0.25, 0.3) is 0 Å². The Morgan fingerprint density at radius 3 is 2.16 bits per heavy atom. The minimum absolute atomic E-state index is 0.0891. The quantitative estimate of drug-likeness (QED) is 0.708. The second-order valence-electron chi connectivity index (χ2n) is 8.20. The zero-order valence-corrected chi connectivity index (χ0v) is 12.2.